The van der Waals surface area contributed by atoms with E-state index in [-0.39, 0.29) is 28.2 Å². The third-order valence-corrected chi connectivity index (χ3v) is 6.42. The van der Waals surface area contributed by atoms with Crippen molar-refractivity contribution in [1.82, 2.24) is 14.9 Å². The van der Waals surface area contributed by atoms with Crippen LogP contribution in [0.25, 0.3) is 0 Å². The molecular weight excluding hydrogens is 461 g/mol. The first-order chi connectivity index (χ1) is 16.2. The predicted octanol–water partition coefficient (Wildman–Crippen LogP) is 3.90. The highest BCUT2D eigenvalue weighted by Gasteiger charge is 2.43. The largest absolute Gasteiger partial charge is 0.336 e. The smallest absolute Gasteiger partial charge is 0.277 e. The molecule has 3 aromatic rings. The fraction of sp³-hybridized carbons (Fsp3) is 0.250. The molecule has 5 rings (SSSR count). The summed E-state index contributed by atoms with van der Waals surface area (Å²) in [6.07, 6.45) is 3.34. The Balaban J connectivity index is 1.55. The SMILES string of the molecule is Cc1cnc(Nc2cc(Cl)c3n(c2=O)C(C)(c2cccc(F)c2)NC3=O)cc1NC(=O)C1CC1. The fourth-order valence-corrected chi connectivity index (χ4v) is 4.37. The maximum atomic E-state index is 13.9. The molecule has 8 nitrogen and oxygen atoms in total. The number of hydrogen-bond acceptors (Lipinski definition) is 5. The van der Waals surface area contributed by atoms with Crippen molar-refractivity contribution >= 4 is 40.6 Å². The summed E-state index contributed by atoms with van der Waals surface area (Å²) >= 11 is 6.41. The van der Waals surface area contributed by atoms with E-state index in [1.807, 2.05) is 6.92 Å². The molecule has 10 heteroatoms. The van der Waals surface area contributed by atoms with Gasteiger partial charge in [0, 0.05) is 29.4 Å². The minimum Gasteiger partial charge on any atom is -0.336 e. The van der Waals surface area contributed by atoms with E-state index in [2.05, 4.69) is 20.9 Å². The fourth-order valence-electron chi connectivity index (χ4n) is 4.09. The number of hydrogen-bond donors (Lipinski definition) is 3. The molecule has 174 valence electrons. The van der Waals surface area contributed by atoms with Gasteiger partial charge in [-0.25, -0.2) is 9.37 Å². The van der Waals surface area contributed by atoms with Crippen LogP contribution < -0.4 is 21.5 Å². The minimum atomic E-state index is -1.35. The number of carbonyl (C=O) groups is 2. The van der Waals surface area contributed by atoms with E-state index in [1.54, 1.807) is 25.3 Å². The third-order valence-electron chi connectivity index (χ3n) is 6.13. The Morgan fingerprint density at radius 1 is 1.24 bits per heavy atom. The predicted molar refractivity (Wildman–Crippen MR) is 126 cm³/mol. The number of nitrogens with one attached hydrogen (secondary N) is 3. The first kappa shape index (κ1) is 22.1. The Morgan fingerprint density at radius 3 is 2.71 bits per heavy atom. The number of nitrogens with zero attached hydrogens (tertiary/aromatic N) is 2. The average molecular weight is 482 g/mol. The van der Waals surface area contributed by atoms with E-state index in [9.17, 15) is 18.8 Å². The molecule has 2 aromatic heterocycles. The summed E-state index contributed by atoms with van der Waals surface area (Å²) < 4.78 is 15.2. The second-order valence-electron chi connectivity index (χ2n) is 8.70. The van der Waals surface area contributed by atoms with Crippen LogP contribution in [0, 0.1) is 18.7 Å². The van der Waals surface area contributed by atoms with Crippen LogP contribution in [0.15, 0.2) is 47.4 Å². The number of anilines is 3. The Labute approximate surface area is 199 Å². The number of aromatic nitrogens is 2. The topological polar surface area (TPSA) is 105 Å². The average Bonchev–Trinajstić information content (AvgIpc) is 3.59. The summed E-state index contributed by atoms with van der Waals surface area (Å²) in [6.45, 7) is 3.43. The zero-order chi connectivity index (χ0) is 24.2. The lowest BCUT2D eigenvalue weighted by atomic mass is 10.0. The van der Waals surface area contributed by atoms with Crippen LogP contribution in [0.3, 0.4) is 0 Å². The molecule has 2 aliphatic rings. The van der Waals surface area contributed by atoms with E-state index in [0.29, 0.717) is 17.1 Å². The number of amides is 2. The molecule has 3 heterocycles. The van der Waals surface area contributed by atoms with Gasteiger partial charge in [-0.2, -0.15) is 0 Å². The highest BCUT2D eigenvalue weighted by molar-refractivity contribution is 6.34. The zero-order valence-electron chi connectivity index (χ0n) is 18.4. The summed E-state index contributed by atoms with van der Waals surface area (Å²) in [7, 11) is 0. The van der Waals surface area contributed by atoms with Crippen LogP contribution >= 0.6 is 11.6 Å². The summed E-state index contributed by atoms with van der Waals surface area (Å²) in [4.78, 5) is 42.7. The van der Waals surface area contributed by atoms with Gasteiger partial charge in [-0.1, -0.05) is 23.7 Å². The normalized spacial score (nSPS) is 18.9. The molecule has 3 N–H and O–H groups in total. The second-order valence-corrected chi connectivity index (χ2v) is 9.11. The van der Waals surface area contributed by atoms with Gasteiger partial charge in [0.05, 0.1) is 5.02 Å². The quantitative estimate of drug-likeness (QED) is 0.512. The summed E-state index contributed by atoms with van der Waals surface area (Å²) in [6, 6.07) is 8.65. The summed E-state index contributed by atoms with van der Waals surface area (Å²) in [5.41, 5.74) is -0.0948. The third kappa shape index (κ3) is 3.71. The lowest BCUT2D eigenvalue weighted by molar-refractivity contribution is -0.117. The van der Waals surface area contributed by atoms with Gasteiger partial charge in [-0.05, 0) is 50.5 Å². The zero-order valence-corrected chi connectivity index (χ0v) is 19.2. The first-order valence-electron chi connectivity index (χ1n) is 10.8. The van der Waals surface area contributed by atoms with Crippen molar-refractivity contribution in [3.8, 4) is 0 Å². The summed E-state index contributed by atoms with van der Waals surface area (Å²) in [5, 5.41) is 8.64. The molecule has 1 fully saturated rings. The molecule has 34 heavy (non-hydrogen) atoms. The Morgan fingerprint density at radius 2 is 2.00 bits per heavy atom. The molecule has 1 atom stereocenters. The molecule has 0 saturated heterocycles. The Kier molecular flexibility index (Phi) is 5.16. The standard InChI is InChI=1S/C24H21ClFN5O3/c1-12-11-27-19(10-17(12)29-21(32)13-6-7-13)28-18-9-16(25)20-22(33)30-24(2,31(20)23(18)34)14-4-3-5-15(26)8-14/h3-5,8-11,13H,6-7H2,1-2H3,(H,30,33)(H2,27,28,29,32). The molecule has 1 aliphatic carbocycles. The van der Waals surface area contributed by atoms with Crippen LogP contribution in [0.2, 0.25) is 5.02 Å². The van der Waals surface area contributed by atoms with Gasteiger partial charge < -0.3 is 16.0 Å². The molecule has 0 bridgehead atoms. The van der Waals surface area contributed by atoms with Crippen molar-refractivity contribution in [3.05, 3.63) is 80.6 Å². The Hall–Kier alpha value is -3.72. The van der Waals surface area contributed by atoms with Gasteiger partial charge in [-0.3, -0.25) is 19.0 Å². The van der Waals surface area contributed by atoms with Crippen molar-refractivity contribution in [1.29, 1.82) is 0 Å². The molecule has 1 aliphatic heterocycles. The van der Waals surface area contributed by atoms with Crippen LogP contribution in [-0.4, -0.2) is 21.4 Å². The molecule has 1 saturated carbocycles. The van der Waals surface area contributed by atoms with Crippen LogP contribution in [0.1, 0.15) is 41.4 Å². The number of rotatable bonds is 5. The second kappa shape index (κ2) is 7.95. The number of halogens is 2. The van der Waals surface area contributed by atoms with E-state index in [4.69, 9.17) is 11.6 Å². The molecule has 2 amide bonds. The van der Waals surface area contributed by atoms with Gasteiger partial charge in [0.2, 0.25) is 5.91 Å². The van der Waals surface area contributed by atoms with Gasteiger partial charge in [0.25, 0.3) is 11.5 Å². The lowest BCUT2D eigenvalue weighted by Crippen LogP contribution is -2.46. The van der Waals surface area contributed by atoms with Crippen LogP contribution in [0.5, 0.6) is 0 Å². The van der Waals surface area contributed by atoms with Gasteiger partial charge in [0.1, 0.15) is 28.7 Å². The first-order valence-corrected chi connectivity index (χ1v) is 11.1. The number of pyridine rings is 2. The van der Waals surface area contributed by atoms with Crippen molar-refractivity contribution in [2.45, 2.75) is 32.4 Å². The molecule has 0 spiro atoms. The van der Waals surface area contributed by atoms with Crippen LogP contribution in [-0.2, 0) is 10.5 Å². The summed E-state index contributed by atoms with van der Waals surface area (Å²) in [5.74, 6) is -0.736. The number of benzene rings is 1. The molecule has 1 unspecified atom stereocenters. The van der Waals surface area contributed by atoms with E-state index in [0.717, 1.165) is 18.4 Å². The van der Waals surface area contributed by atoms with E-state index >= 15 is 0 Å². The van der Waals surface area contributed by atoms with E-state index < -0.39 is 22.9 Å². The molecular formula is C24H21ClFN5O3. The molecule has 1 aromatic carbocycles. The maximum Gasteiger partial charge on any atom is 0.277 e. The van der Waals surface area contributed by atoms with Crippen molar-refractivity contribution in [2.24, 2.45) is 5.92 Å². The minimum absolute atomic E-state index is 0.0155. The number of aryl methyl sites for hydroxylation is 1. The highest BCUT2D eigenvalue weighted by atomic mass is 35.5. The van der Waals surface area contributed by atoms with Crippen molar-refractivity contribution in [3.63, 3.8) is 0 Å². The number of fused-ring (bicyclic) bond motifs is 1. The maximum absolute atomic E-state index is 13.9. The Bertz CT molecular complexity index is 1420. The monoisotopic (exact) mass is 481 g/mol. The van der Waals surface area contributed by atoms with Gasteiger partial charge in [-0.15, -0.1) is 0 Å². The van der Waals surface area contributed by atoms with Crippen molar-refractivity contribution in [2.75, 3.05) is 10.6 Å². The highest BCUT2D eigenvalue weighted by Crippen LogP contribution is 2.34. The van der Waals surface area contributed by atoms with Crippen LogP contribution in [0.4, 0.5) is 21.6 Å². The molecule has 0 radical (unpaired) electrons. The van der Waals surface area contributed by atoms with Crippen molar-refractivity contribution < 1.29 is 14.0 Å². The van der Waals surface area contributed by atoms with Gasteiger partial charge >= 0.3 is 0 Å². The number of carbonyl (C=O) groups excluding carboxylic acids is 2. The van der Waals surface area contributed by atoms with Gasteiger partial charge in [0.15, 0.2) is 0 Å². The lowest BCUT2D eigenvalue weighted by Gasteiger charge is -2.28. The van der Waals surface area contributed by atoms with E-state index in [1.165, 1.54) is 28.8 Å².